The van der Waals surface area contributed by atoms with Crippen molar-refractivity contribution in [2.75, 3.05) is 14.2 Å². The van der Waals surface area contributed by atoms with Gasteiger partial charge in [-0.05, 0) is 65.7 Å². The van der Waals surface area contributed by atoms with Crippen LogP contribution in [-0.2, 0) is 0 Å². The summed E-state index contributed by atoms with van der Waals surface area (Å²) in [5, 5.41) is 24.0. The van der Waals surface area contributed by atoms with Crippen LogP contribution in [0.15, 0.2) is 72.8 Å². The molecule has 0 amide bonds. The number of methoxy groups -OCH3 is 2. The highest BCUT2D eigenvalue weighted by molar-refractivity contribution is 5.80. The molecule has 0 aliphatic carbocycles. The second kappa shape index (κ2) is 11.0. The van der Waals surface area contributed by atoms with Crippen molar-refractivity contribution in [1.82, 2.24) is 9.78 Å². The number of hydrogen-bond acceptors (Lipinski definition) is 7. The molecular formula is C28H24N2O6. The summed E-state index contributed by atoms with van der Waals surface area (Å²) in [5.74, 6) is 1.15. The van der Waals surface area contributed by atoms with Crippen molar-refractivity contribution in [2.24, 2.45) is 0 Å². The van der Waals surface area contributed by atoms with Gasteiger partial charge in [-0.1, -0.05) is 42.5 Å². The van der Waals surface area contributed by atoms with Crippen LogP contribution >= 0.6 is 0 Å². The lowest BCUT2D eigenvalue weighted by Gasteiger charge is -2.05. The zero-order valence-electron chi connectivity index (χ0n) is 19.7. The highest BCUT2D eigenvalue weighted by Crippen LogP contribution is 2.28. The number of carbonyl (C=O) groups excluding carboxylic acids is 1. The fourth-order valence-corrected chi connectivity index (χ4v) is 3.35. The van der Waals surface area contributed by atoms with Gasteiger partial charge in [0.05, 0.1) is 25.6 Å². The minimum Gasteiger partial charge on any atom is -0.504 e. The van der Waals surface area contributed by atoms with Crippen LogP contribution in [0.5, 0.6) is 28.7 Å². The van der Waals surface area contributed by atoms with E-state index < -0.39 is 6.09 Å². The van der Waals surface area contributed by atoms with E-state index in [2.05, 4.69) is 5.10 Å². The second-order valence-corrected chi connectivity index (χ2v) is 7.62. The maximum absolute atomic E-state index is 12.9. The number of phenolic OH excluding ortho intramolecular Hbond substituents is 2. The normalized spacial score (nSPS) is 11.2. The Kier molecular flexibility index (Phi) is 7.36. The first kappa shape index (κ1) is 24.2. The first-order valence-electron chi connectivity index (χ1n) is 10.9. The van der Waals surface area contributed by atoms with Gasteiger partial charge >= 0.3 is 6.09 Å². The van der Waals surface area contributed by atoms with Crippen LogP contribution in [0.3, 0.4) is 0 Å². The van der Waals surface area contributed by atoms with Gasteiger partial charge in [0.2, 0.25) is 0 Å². The summed E-state index contributed by atoms with van der Waals surface area (Å²) < 4.78 is 16.9. The summed E-state index contributed by atoms with van der Waals surface area (Å²) in [6, 6.07) is 20.3. The van der Waals surface area contributed by atoms with Gasteiger partial charge in [-0.25, -0.2) is 4.79 Å². The van der Waals surface area contributed by atoms with E-state index in [1.54, 1.807) is 78.9 Å². The SMILES string of the molecule is COc1cc(C=Cc2cc(C=Cc3ccc(O)c(OC)c3)n(C(=O)Oc3ccccc3)n2)ccc1O. The molecule has 8 heteroatoms. The lowest BCUT2D eigenvalue weighted by atomic mass is 10.1. The highest BCUT2D eigenvalue weighted by atomic mass is 16.6. The van der Waals surface area contributed by atoms with E-state index in [-0.39, 0.29) is 11.5 Å². The van der Waals surface area contributed by atoms with E-state index in [0.29, 0.717) is 28.6 Å². The predicted octanol–water partition coefficient (Wildman–Crippen LogP) is 5.70. The minimum atomic E-state index is -0.671. The average molecular weight is 485 g/mol. The largest absolute Gasteiger partial charge is 0.504 e. The van der Waals surface area contributed by atoms with E-state index in [9.17, 15) is 15.0 Å². The van der Waals surface area contributed by atoms with Crippen molar-refractivity contribution in [3.05, 3.63) is 95.3 Å². The van der Waals surface area contributed by atoms with Crippen LogP contribution < -0.4 is 14.2 Å². The molecule has 4 rings (SSSR count). The Labute approximate surface area is 207 Å². The maximum atomic E-state index is 12.9. The third kappa shape index (κ3) is 5.74. The predicted molar refractivity (Wildman–Crippen MR) is 137 cm³/mol. The van der Waals surface area contributed by atoms with Crippen LogP contribution in [0.2, 0.25) is 0 Å². The van der Waals surface area contributed by atoms with Gasteiger partial charge < -0.3 is 24.4 Å². The Morgan fingerprint density at radius 3 is 1.94 bits per heavy atom. The van der Waals surface area contributed by atoms with Gasteiger partial charge in [-0.2, -0.15) is 9.78 Å². The van der Waals surface area contributed by atoms with Gasteiger partial charge in [0, 0.05) is 0 Å². The molecule has 0 fully saturated rings. The van der Waals surface area contributed by atoms with Crippen molar-refractivity contribution >= 4 is 30.4 Å². The lowest BCUT2D eigenvalue weighted by Crippen LogP contribution is -2.19. The van der Waals surface area contributed by atoms with Crippen LogP contribution in [0.4, 0.5) is 4.79 Å². The Morgan fingerprint density at radius 1 is 0.778 bits per heavy atom. The molecule has 2 N–H and O–H groups in total. The molecule has 4 aromatic rings. The van der Waals surface area contributed by atoms with E-state index in [1.165, 1.54) is 26.4 Å². The summed E-state index contributed by atoms with van der Waals surface area (Å²) in [5.41, 5.74) is 2.52. The molecule has 3 aromatic carbocycles. The molecule has 0 aliphatic rings. The average Bonchev–Trinajstić information content (AvgIpc) is 3.31. The van der Waals surface area contributed by atoms with Crippen molar-refractivity contribution in [3.63, 3.8) is 0 Å². The summed E-state index contributed by atoms with van der Waals surface area (Å²) in [7, 11) is 2.95. The molecule has 0 unspecified atom stereocenters. The van der Waals surface area contributed by atoms with Gasteiger partial charge in [0.25, 0.3) is 0 Å². The maximum Gasteiger partial charge on any atom is 0.440 e. The van der Waals surface area contributed by atoms with Crippen molar-refractivity contribution < 1.29 is 29.2 Å². The molecule has 182 valence electrons. The molecular weight excluding hydrogens is 460 g/mol. The molecule has 0 aliphatic heterocycles. The minimum absolute atomic E-state index is 0.0319. The molecule has 1 aromatic heterocycles. The molecule has 1 heterocycles. The summed E-state index contributed by atoms with van der Waals surface area (Å²) >= 11 is 0. The van der Waals surface area contributed by atoms with Crippen LogP contribution in [0.25, 0.3) is 24.3 Å². The lowest BCUT2D eigenvalue weighted by molar-refractivity contribution is 0.198. The number of hydrogen-bond donors (Lipinski definition) is 2. The van der Waals surface area contributed by atoms with Crippen molar-refractivity contribution in [2.45, 2.75) is 0 Å². The zero-order chi connectivity index (χ0) is 25.5. The summed E-state index contributed by atoms with van der Waals surface area (Å²) in [6.07, 6.45) is 6.33. The van der Waals surface area contributed by atoms with Gasteiger partial charge in [-0.3, -0.25) is 0 Å². The van der Waals surface area contributed by atoms with Crippen molar-refractivity contribution in [1.29, 1.82) is 0 Å². The fraction of sp³-hybridized carbons (Fsp3) is 0.0714. The Bertz CT molecular complexity index is 1420. The summed E-state index contributed by atoms with van der Waals surface area (Å²) in [4.78, 5) is 12.9. The van der Waals surface area contributed by atoms with E-state index in [0.717, 1.165) is 15.8 Å². The molecule has 0 spiro atoms. The number of nitrogens with zero attached hydrogens (tertiary/aromatic N) is 2. The molecule has 0 saturated carbocycles. The van der Waals surface area contributed by atoms with Gasteiger partial charge in [0.1, 0.15) is 5.75 Å². The van der Waals surface area contributed by atoms with E-state index in [4.69, 9.17) is 14.2 Å². The molecule has 36 heavy (non-hydrogen) atoms. The topological polar surface area (TPSA) is 103 Å². The monoisotopic (exact) mass is 484 g/mol. The number of aromatic hydroxyl groups is 2. The zero-order valence-corrected chi connectivity index (χ0v) is 19.7. The number of rotatable bonds is 7. The number of ether oxygens (including phenoxy) is 3. The molecule has 0 bridgehead atoms. The number of para-hydroxylation sites is 1. The van der Waals surface area contributed by atoms with Gasteiger partial charge in [-0.15, -0.1) is 0 Å². The second-order valence-electron chi connectivity index (χ2n) is 7.62. The first-order chi connectivity index (χ1) is 17.5. The first-order valence-corrected chi connectivity index (χ1v) is 10.9. The third-order valence-corrected chi connectivity index (χ3v) is 5.18. The van der Waals surface area contributed by atoms with E-state index in [1.807, 2.05) is 6.07 Å². The number of aromatic nitrogens is 2. The Balaban J connectivity index is 1.65. The summed E-state index contributed by atoms with van der Waals surface area (Å²) in [6.45, 7) is 0. The highest BCUT2D eigenvalue weighted by Gasteiger charge is 2.14. The van der Waals surface area contributed by atoms with E-state index >= 15 is 0 Å². The molecule has 8 nitrogen and oxygen atoms in total. The van der Waals surface area contributed by atoms with Crippen molar-refractivity contribution in [3.8, 4) is 28.7 Å². The Morgan fingerprint density at radius 2 is 1.36 bits per heavy atom. The smallest absolute Gasteiger partial charge is 0.440 e. The quantitative estimate of drug-likeness (QED) is 0.347. The number of carbonyl (C=O) groups is 1. The third-order valence-electron chi connectivity index (χ3n) is 5.18. The van der Waals surface area contributed by atoms with Crippen LogP contribution in [-0.4, -0.2) is 40.3 Å². The molecule has 0 atom stereocenters. The standard InChI is InChI=1S/C28H24N2O6/c1-34-26-16-19(10-14-24(26)31)8-12-21-18-22(13-9-20-11-15-25(32)27(17-20)35-2)30(29-21)28(33)36-23-6-4-3-5-7-23/h3-18,31-32H,1-2H3. The number of benzene rings is 3. The van der Waals surface area contributed by atoms with Gasteiger partial charge in [0.15, 0.2) is 23.0 Å². The molecule has 0 saturated heterocycles. The molecule has 0 radical (unpaired) electrons. The Hall–Kier alpha value is -4.98. The number of phenols is 2. The van der Waals surface area contributed by atoms with Crippen LogP contribution in [0.1, 0.15) is 22.5 Å². The fourth-order valence-electron chi connectivity index (χ4n) is 3.35. The van der Waals surface area contributed by atoms with Crippen LogP contribution in [0, 0.1) is 0 Å².